The van der Waals surface area contributed by atoms with Gasteiger partial charge in [-0.2, -0.15) is 0 Å². The molecule has 0 aliphatic carbocycles. The van der Waals surface area contributed by atoms with Gasteiger partial charge >= 0.3 is 0 Å². The minimum absolute atomic E-state index is 0.0602. The van der Waals surface area contributed by atoms with E-state index in [0.29, 0.717) is 24.2 Å². The summed E-state index contributed by atoms with van der Waals surface area (Å²) in [5, 5.41) is 2.87. The second kappa shape index (κ2) is 8.33. The van der Waals surface area contributed by atoms with Crippen LogP contribution in [0, 0.1) is 0 Å². The first kappa shape index (κ1) is 18.5. The number of nitrogens with one attached hydrogen (secondary N) is 1. The zero-order valence-electron chi connectivity index (χ0n) is 15.2. The minimum atomic E-state index is -0.230. The number of rotatable bonds is 6. The van der Waals surface area contributed by atoms with Crippen molar-refractivity contribution in [3.8, 4) is 0 Å². The summed E-state index contributed by atoms with van der Waals surface area (Å²) in [7, 11) is 3.93. The van der Waals surface area contributed by atoms with Gasteiger partial charge in [0.05, 0.1) is 0 Å². The second-order valence-corrected chi connectivity index (χ2v) is 5.95. The van der Waals surface area contributed by atoms with Crippen molar-refractivity contribution in [2.45, 2.75) is 13.8 Å². The largest absolute Gasteiger partial charge is 0.378 e. The third-order valence-corrected chi connectivity index (χ3v) is 4.06. The van der Waals surface area contributed by atoms with Gasteiger partial charge in [-0.1, -0.05) is 6.07 Å². The Bertz CT molecular complexity index is 735. The van der Waals surface area contributed by atoms with Crippen molar-refractivity contribution >= 4 is 23.2 Å². The molecule has 0 spiro atoms. The summed E-state index contributed by atoms with van der Waals surface area (Å²) in [5.41, 5.74) is 2.77. The van der Waals surface area contributed by atoms with Gasteiger partial charge in [0.1, 0.15) is 0 Å². The molecule has 0 saturated heterocycles. The molecule has 2 rings (SSSR count). The number of anilines is 2. The number of carbonyl (C=O) groups is 2. The van der Waals surface area contributed by atoms with Gasteiger partial charge in [0.25, 0.3) is 11.8 Å². The zero-order chi connectivity index (χ0) is 18.4. The molecule has 0 aromatic heterocycles. The van der Waals surface area contributed by atoms with Crippen molar-refractivity contribution in [2.75, 3.05) is 37.4 Å². The van der Waals surface area contributed by atoms with Crippen molar-refractivity contribution in [3.63, 3.8) is 0 Å². The van der Waals surface area contributed by atoms with E-state index in [4.69, 9.17) is 0 Å². The summed E-state index contributed by atoms with van der Waals surface area (Å²) >= 11 is 0. The Morgan fingerprint density at radius 1 is 0.920 bits per heavy atom. The zero-order valence-corrected chi connectivity index (χ0v) is 15.2. The Balaban J connectivity index is 2.14. The van der Waals surface area contributed by atoms with Gasteiger partial charge in [0, 0.05) is 49.7 Å². The third-order valence-electron chi connectivity index (χ3n) is 4.06. The number of benzene rings is 2. The maximum Gasteiger partial charge on any atom is 0.255 e. The van der Waals surface area contributed by atoms with Gasteiger partial charge in [0.15, 0.2) is 0 Å². The molecule has 0 aliphatic heterocycles. The first-order valence-corrected chi connectivity index (χ1v) is 8.44. The summed E-state index contributed by atoms with van der Waals surface area (Å²) in [5.74, 6) is -0.290. The molecule has 2 aromatic carbocycles. The molecule has 5 nitrogen and oxygen atoms in total. The summed E-state index contributed by atoms with van der Waals surface area (Å²) in [6, 6.07) is 14.4. The molecule has 1 N–H and O–H groups in total. The van der Waals surface area contributed by atoms with Gasteiger partial charge in [-0.05, 0) is 56.3 Å². The van der Waals surface area contributed by atoms with Crippen LogP contribution in [0.3, 0.4) is 0 Å². The van der Waals surface area contributed by atoms with Gasteiger partial charge in [-0.15, -0.1) is 0 Å². The van der Waals surface area contributed by atoms with Crippen molar-refractivity contribution in [1.29, 1.82) is 0 Å². The topological polar surface area (TPSA) is 52.7 Å². The highest BCUT2D eigenvalue weighted by atomic mass is 16.2. The van der Waals surface area contributed by atoms with Crippen molar-refractivity contribution in [2.24, 2.45) is 0 Å². The molecule has 2 amide bonds. The van der Waals surface area contributed by atoms with E-state index in [1.807, 2.05) is 57.1 Å². The molecule has 132 valence electrons. The predicted octanol–water partition coefficient (Wildman–Crippen LogP) is 3.49. The van der Waals surface area contributed by atoms with Crippen LogP contribution in [0.4, 0.5) is 11.4 Å². The first-order valence-electron chi connectivity index (χ1n) is 8.44. The highest BCUT2D eigenvalue weighted by molar-refractivity contribution is 6.06. The number of amides is 2. The Labute approximate surface area is 149 Å². The Kier molecular flexibility index (Phi) is 6.17. The van der Waals surface area contributed by atoms with Crippen LogP contribution in [-0.4, -0.2) is 43.9 Å². The molecule has 25 heavy (non-hydrogen) atoms. The lowest BCUT2D eigenvalue weighted by Crippen LogP contribution is -2.30. The lowest BCUT2D eigenvalue weighted by Gasteiger charge is -2.18. The van der Waals surface area contributed by atoms with Crippen LogP contribution in [-0.2, 0) is 0 Å². The van der Waals surface area contributed by atoms with Gasteiger partial charge in [0.2, 0.25) is 0 Å². The van der Waals surface area contributed by atoms with E-state index in [1.165, 1.54) is 0 Å². The van der Waals surface area contributed by atoms with Crippen LogP contribution in [0.15, 0.2) is 48.5 Å². The maximum absolute atomic E-state index is 12.5. The average Bonchev–Trinajstić information content (AvgIpc) is 2.63. The van der Waals surface area contributed by atoms with Crippen LogP contribution < -0.4 is 10.2 Å². The van der Waals surface area contributed by atoms with Crippen LogP contribution in [0.1, 0.15) is 34.6 Å². The molecule has 5 heteroatoms. The van der Waals surface area contributed by atoms with E-state index in [2.05, 4.69) is 5.32 Å². The fraction of sp³-hybridized carbons (Fsp3) is 0.300. The van der Waals surface area contributed by atoms with E-state index in [9.17, 15) is 9.59 Å². The maximum atomic E-state index is 12.5. The Morgan fingerprint density at radius 3 is 2.08 bits per heavy atom. The molecule has 0 unspecified atom stereocenters. The molecule has 0 bridgehead atoms. The monoisotopic (exact) mass is 339 g/mol. The van der Waals surface area contributed by atoms with Crippen molar-refractivity contribution < 1.29 is 9.59 Å². The van der Waals surface area contributed by atoms with Crippen LogP contribution >= 0.6 is 0 Å². The Hall–Kier alpha value is -2.82. The predicted molar refractivity (Wildman–Crippen MR) is 102 cm³/mol. The summed E-state index contributed by atoms with van der Waals surface area (Å²) in [6.45, 7) is 5.17. The van der Waals surface area contributed by atoms with E-state index in [0.717, 1.165) is 11.4 Å². The second-order valence-electron chi connectivity index (χ2n) is 5.95. The molecule has 0 fully saturated rings. The molecule has 0 saturated carbocycles. The number of carbonyl (C=O) groups excluding carboxylic acids is 2. The number of nitrogens with zero attached hydrogens (tertiary/aromatic N) is 2. The van der Waals surface area contributed by atoms with Crippen molar-refractivity contribution in [1.82, 2.24) is 4.90 Å². The molecule has 0 aliphatic rings. The fourth-order valence-electron chi connectivity index (χ4n) is 2.53. The minimum Gasteiger partial charge on any atom is -0.378 e. The number of hydrogen-bond donors (Lipinski definition) is 1. The highest BCUT2D eigenvalue weighted by Gasteiger charge is 2.14. The summed E-state index contributed by atoms with van der Waals surface area (Å²) in [6.07, 6.45) is 0. The average molecular weight is 339 g/mol. The van der Waals surface area contributed by atoms with Crippen LogP contribution in [0.5, 0.6) is 0 Å². The normalized spacial score (nSPS) is 10.2. The molecule has 2 aromatic rings. The quantitative estimate of drug-likeness (QED) is 0.876. The van der Waals surface area contributed by atoms with E-state index >= 15 is 0 Å². The molecule has 0 radical (unpaired) electrons. The Morgan fingerprint density at radius 2 is 1.52 bits per heavy atom. The van der Waals surface area contributed by atoms with Gasteiger partial charge in [-0.3, -0.25) is 9.59 Å². The lowest BCUT2D eigenvalue weighted by molar-refractivity contribution is 0.0773. The SMILES string of the molecule is CCN(CC)C(=O)c1cccc(C(=O)Nc2ccc(N(C)C)cc2)c1. The highest BCUT2D eigenvalue weighted by Crippen LogP contribution is 2.17. The third kappa shape index (κ3) is 4.59. The summed E-state index contributed by atoms with van der Waals surface area (Å²) < 4.78 is 0. The van der Waals surface area contributed by atoms with Crippen LogP contribution in [0.25, 0.3) is 0 Å². The van der Waals surface area contributed by atoms with E-state index < -0.39 is 0 Å². The molecular formula is C20H25N3O2. The smallest absolute Gasteiger partial charge is 0.255 e. The number of hydrogen-bond acceptors (Lipinski definition) is 3. The van der Waals surface area contributed by atoms with Crippen molar-refractivity contribution in [3.05, 3.63) is 59.7 Å². The molecule has 0 heterocycles. The van der Waals surface area contributed by atoms with Gasteiger partial charge in [-0.25, -0.2) is 0 Å². The standard InChI is InChI=1S/C20H25N3O2/c1-5-23(6-2)20(25)16-9-7-8-15(14-16)19(24)21-17-10-12-18(13-11-17)22(3)4/h7-14H,5-6H2,1-4H3,(H,21,24). The van der Waals surface area contributed by atoms with Crippen LogP contribution in [0.2, 0.25) is 0 Å². The first-order chi connectivity index (χ1) is 12.0. The van der Waals surface area contributed by atoms with Gasteiger partial charge < -0.3 is 15.1 Å². The molecule has 0 atom stereocenters. The lowest BCUT2D eigenvalue weighted by atomic mass is 10.1. The molecular weight excluding hydrogens is 314 g/mol. The summed E-state index contributed by atoms with van der Waals surface area (Å²) in [4.78, 5) is 28.6. The fourth-order valence-corrected chi connectivity index (χ4v) is 2.53. The van der Waals surface area contributed by atoms with E-state index in [1.54, 1.807) is 29.2 Å². The van der Waals surface area contributed by atoms with E-state index in [-0.39, 0.29) is 11.8 Å².